The second kappa shape index (κ2) is 8.79. The van der Waals surface area contributed by atoms with E-state index in [4.69, 9.17) is 4.98 Å². The lowest BCUT2D eigenvalue weighted by atomic mass is 9.96. The molecule has 1 fully saturated rings. The van der Waals surface area contributed by atoms with E-state index in [9.17, 15) is 9.90 Å². The van der Waals surface area contributed by atoms with Gasteiger partial charge in [0.25, 0.3) is 0 Å². The lowest BCUT2D eigenvalue weighted by Gasteiger charge is -2.41. The van der Waals surface area contributed by atoms with Gasteiger partial charge in [-0.1, -0.05) is 42.5 Å². The Labute approximate surface area is 209 Å². The number of rotatable bonds is 4. The molecule has 6 nitrogen and oxygen atoms in total. The van der Waals surface area contributed by atoms with Gasteiger partial charge in [-0.3, -0.25) is 0 Å². The zero-order chi connectivity index (χ0) is 24.8. The number of aromatic nitrogens is 3. The van der Waals surface area contributed by atoms with Gasteiger partial charge >= 0.3 is 5.97 Å². The fourth-order valence-electron chi connectivity index (χ4n) is 5.69. The normalized spacial score (nSPS) is 18.1. The van der Waals surface area contributed by atoms with Crippen molar-refractivity contribution in [3.05, 3.63) is 84.8 Å². The monoisotopic (exact) mass is 476 g/mol. The number of hydrogen-bond donors (Lipinski definition) is 1. The van der Waals surface area contributed by atoms with Crippen LogP contribution in [0.15, 0.2) is 79.3 Å². The lowest BCUT2D eigenvalue weighted by Crippen LogP contribution is -2.43. The Kier molecular flexibility index (Phi) is 5.44. The van der Waals surface area contributed by atoms with E-state index in [-0.39, 0.29) is 5.56 Å². The van der Waals surface area contributed by atoms with Gasteiger partial charge in [-0.2, -0.15) is 5.10 Å². The SMILES string of the molecule is C[C@@H]1CCC[C@H](C)N1c1ccc(-c2cnc3c(-c4ccc(C(=O)O)c5ccccc45)cnn3c2)cc1. The van der Waals surface area contributed by atoms with Crippen LogP contribution in [0.5, 0.6) is 0 Å². The van der Waals surface area contributed by atoms with E-state index in [1.54, 1.807) is 16.8 Å². The molecule has 0 amide bonds. The number of carbonyl (C=O) groups is 1. The number of anilines is 1. The molecule has 6 heteroatoms. The molecule has 3 aromatic carbocycles. The van der Waals surface area contributed by atoms with Crippen LogP contribution in [0.1, 0.15) is 43.5 Å². The molecule has 1 aliphatic rings. The van der Waals surface area contributed by atoms with Gasteiger partial charge < -0.3 is 10.0 Å². The largest absolute Gasteiger partial charge is 0.478 e. The van der Waals surface area contributed by atoms with Crippen molar-refractivity contribution in [1.82, 2.24) is 14.6 Å². The zero-order valence-electron chi connectivity index (χ0n) is 20.4. The Balaban J connectivity index is 1.36. The minimum absolute atomic E-state index is 0.290. The molecular formula is C30H28N4O2. The van der Waals surface area contributed by atoms with Crippen molar-refractivity contribution >= 4 is 28.1 Å². The van der Waals surface area contributed by atoms with Crippen LogP contribution in [0.4, 0.5) is 5.69 Å². The third-order valence-corrected chi connectivity index (χ3v) is 7.49. The van der Waals surface area contributed by atoms with Gasteiger partial charge in [-0.15, -0.1) is 0 Å². The van der Waals surface area contributed by atoms with E-state index in [0.717, 1.165) is 33.3 Å². The summed E-state index contributed by atoms with van der Waals surface area (Å²) in [6.45, 7) is 4.63. The number of aromatic carboxylic acids is 1. The second-order valence-corrected chi connectivity index (χ2v) is 9.76. The van der Waals surface area contributed by atoms with Crippen LogP contribution in [0.2, 0.25) is 0 Å². The molecule has 36 heavy (non-hydrogen) atoms. The molecule has 0 saturated carbocycles. The number of benzene rings is 3. The number of piperidine rings is 1. The average Bonchev–Trinajstić information content (AvgIpc) is 3.31. The van der Waals surface area contributed by atoms with Gasteiger partial charge in [0.2, 0.25) is 0 Å². The standard InChI is InChI=1S/C30H28N4O2/c1-19-6-5-7-20(2)34(19)23-12-10-21(11-13-23)22-16-31-29-28(17-32-33(29)18-22)26-14-15-27(30(35)36)25-9-4-3-8-24(25)26/h3-4,8-20H,5-7H2,1-2H3,(H,35,36)/t19-,20+. The summed E-state index contributed by atoms with van der Waals surface area (Å²) in [6, 6.07) is 20.9. The third kappa shape index (κ3) is 3.70. The Morgan fingerprint density at radius 1 is 0.861 bits per heavy atom. The zero-order valence-corrected chi connectivity index (χ0v) is 20.4. The molecule has 0 radical (unpaired) electrons. The first-order chi connectivity index (χ1) is 17.5. The predicted molar refractivity (Wildman–Crippen MR) is 144 cm³/mol. The highest BCUT2D eigenvalue weighted by Crippen LogP contribution is 2.34. The molecule has 180 valence electrons. The molecule has 1 saturated heterocycles. The van der Waals surface area contributed by atoms with E-state index in [1.807, 2.05) is 42.7 Å². The maximum absolute atomic E-state index is 11.7. The third-order valence-electron chi connectivity index (χ3n) is 7.49. The smallest absolute Gasteiger partial charge is 0.336 e. The number of fused-ring (bicyclic) bond motifs is 2. The number of carboxylic acids is 1. The van der Waals surface area contributed by atoms with Gasteiger partial charge in [0.05, 0.1) is 11.8 Å². The molecule has 6 rings (SSSR count). The molecule has 3 heterocycles. The number of nitrogens with zero attached hydrogens (tertiary/aromatic N) is 4. The molecule has 0 bridgehead atoms. The van der Waals surface area contributed by atoms with Gasteiger partial charge in [0.1, 0.15) is 0 Å². The summed E-state index contributed by atoms with van der Waals surface area (Å²) in [6.07, 6.45) is 9.46. The van der Waals surface area contributed by atoms with Crippen LogP contribution in [0.3, 0.4) is 0 Å². The first kappa shape index (κ1) is 22.3. The van der Waals surface area contributed by atoms with Gasteiger partial charge in [0, 0.05) is 41.3 Å². The van der Waals surface area contributed by atoms with Gasteiger partial charge in [0.15, 0.2) is 5.65 Å². The summed E-state index contributed by atoms with van der Waals surface area (Å²) in [7, 11) is 0. The predicted octanol–water partition coefficient (Wildman–Crippen LogP) is 6.68. The number of hydrogen-bond acceptors (Lipinski definition) is 4. The topological polar surface area (TPSA) is 70.7 Å². The lowest BCUT2D eigenvalue weighted by molar-refractivity contribution is 0.0699. The minimum atomic E-state index is -0.935. The van der Waals surface area contributed by atoms with Crippen molar-refractivity contribution < 1.29 is 9.90 Å². The van der Waals surface area contributed by atoms with Crippen LogP contribution < -0.4 is 4.90 Å². The Morgan fingerprint density at radius 3 is 2.31 bits per heavy atom. The molecular weight excluding hydrogens is 448 g/mol. The van der Waals surface area contributed by atoms with Crippen LogP contribution >= 0.6 is 0 Å². The first-order valence-electron chi connectivity index (χ1n) is 12.5. The molecule has 5 aromatic rings. The maximum Gasteiger partial charge on any atom is 0.336 e. The van der Waals surface area contributed by atoms with E-state index >= 15 is 0 Å². The van der Waals surface area contributed by atoms with Crippen LogP contribution in [-0.4, -0.2) is 37.8 Å². The second-order valence-electron chi connectivity index (χ2n) is 9.76. The molecule has 0 spiro atoms. The summed E-state index contributed by atoms with van der Waals surface area (Å²) >= 11 is 0. The van der Waals surface area contributed by atoms with Gasteiger partial charge in [-0.25, -0.2) is 14.3 Å². The molecule has 0 aliphatic carbocycles. The summed E-state index contributed by atoms with van der Waals surface area (Å²) in [4.78, 5) is 19.0. The van der Waals surface area contributed by atoms with Crippen LogP contribution in [-0.2, 0) is 0 Å². The van der Waals surface area contributed by atoms with Crippen molar-refractivity contribution in [2.24, 2.45) is 0 Å². The maximum atomic E-state index is 11.7. The number of carboxylic acid groups (broad SMARTS) is 1. The van der Waals surface area contributed by atoms with Crippen molar-refractivity contribution in [3.8, 4) is 22.3 Å². The minimum Gasteiger partial charge on any atom is -0.478 e. The summed E-state index contributed by atoms with van der Waals surface area (Å²) in [5, 5.41) is 15.8. The molecule has 2 aromatic heterocycles. The Bertz CT molecular complexity index is 1580. The highest BCUT2D eigenvalue weighted by atomic mass is 16.4. The molecule has 2 atom stereocenters. The quantitative estimate of drug-likeness (QED) is 0.313. The Morgan fingerprint density at radius 2 is 1.58 bits per heavy atom. The van der Waals surface area contributed by atoms with Crippen molar-refractivity contribution in [2.75, 3.05) is 4.90 Å². The van der Waals surface area contributed by atoms with Gasteiger partial charge in [-0.05, 0) is 73.2 Å². The molecule has 0 unspecified atom stereocenters. The summed E-state index contributed by atoms with van der Waals surface area (Å²) < 4.78 is 1.80. The fourth-order valence-corrected chi connectivity index (χ4v) is 5.69. The summed E-state index contributed by atoms with van der Waals surface area (Å²) in [5.41, 5.74) is 6.18. The van der Waals surface area contributed by atoms with E-state index in [2.05, 4.69) is 48.1 Å². The van der Waals surface area contributed by atoms with Crippen molar-refractivity contribution in [2.45, 2.75) is 45.2 Å². The highest BCUT2D eigenvalue weighted by Gasteiger charge is 2.24. The first-order valence-corrected chi connectivity index (χ1v) is 12.5. The average molecular weight is 477 g/mol. The van der Waals surface area contributed by atoms with E-state index in [1.165, 1.54) is 24.9 Å². The molecule has 1 N–H and O–H groups in total. The summed E-state index contributed by atoms with van der Waals surface area (Å²) in [5.74, 6) is -0.935. The van der Waals surface area contributed by atoms with Crippen molar-refractivity contribution in [1.29, 1.82) is 0 Å². The van der Waals surface area contributed by atoms with Crippen molar-refractivity contribution in [3.63, 3.8) is 0 Å². The van der Waals surface area contributed by atoms with Crippen LogP contribution in [0.25, 0.3) is 38.7 Å². The van der Waals surface area contributed by atoms with Crippen LogP contribution in [0, 0.1) is 0 Å². The molecule has 1 aliphatic heterocycles. The fraction of sp³-hybridized carbons (Fsp3) is 0.233. The van der Waals surface area contributed by atoms with E-state index in [0.29, 0.717) is 17.5 Å². The highest BCUT2D eigenvalue weighted by molar-refractivity contribution is 6.09. The Hall–Kier alpha value is -4.19. The van der Waals surface area contributed by atoms with E-state index < -0.39 is 5.97 Å².